The zero-order valence-corrected chi connectivity index (χ0v) is 12.9. The van der Waals surface area contributed by atoms with Gasteiger partial charge in [-0.05, 0) is 24.6 Å². The molecule has 3 rings (SSSR count). The second-order valence-corrected chi connectivity index (χ2v) is 6.48. The number of thioether (sulfide) groups is 1. The van der Waals surface area contributed by atoms with Crippen LogP contribution < -0.4 is 0 Å². The maximum Gasteiger partial charge on any atom is 0.306 e. The van der Waals surface area contributed by atoms with E-state index in [2.05, 4.69) is 31.2 Å². The molecule has 2 nitrogen and oxygen atoms in total. The summed E-state index contributed by atoms with van der Waals surface area (Å²) in [6.45, 7) is 2.08. The molecule has 1 heterocycles. The third kappa shape index (κ3) is 3.13. The molecule has 1 aliphatic heterocycles. The van der Waals surface area contributed by atoms with Gasteiger partial charge in [0.05, 0.1) is 0 Å². The van der Waals surface area contributed by atoms with Gasteiger partial charge in [0.25, 0.3) is 0 Å². The third-order valence-electron chi connectivity index (χ3n) is 3.84. The van der Waals surface area contributed by atoms with Crippen LogP contribution >= 0.6 is 11.8 Å². The van der Waals surface area contributed by atoms with Crippen LogP contribution in [0.1, 0.15) is 24.0 Å². The number of hydrogen-bond donors (Lipinski definition) is 0. The van der Waals surface area contributed by atoms with Crippen molar-refractivity contribution in [3.8, 4) is 0 Å². The van der Waals surface area contributed by atoms with Gasteiger partial charge in [0.1, 0.15) is 5.60 Å². The second kappa shape index (κ2) is 5.94. The Hall–Kier alpha value is -1.74. The van der Waals surface area contributed by atoms with Crippen LogP contribution in [0.3, 0.4) is 0 Å². The molecular weight excluding hydrogens is 280 g/mol. The molecule has 0 aromatic heterocycles. The summed E-state index contributed by atoms with van der Waals surface area (Å²) in [5, 5.41) is 0. The van der Waals surface area contributed by atoms with Crippen molar-refractivity contribution in [3.63, 3.8) is 0 Å². The van der Waals surface area contributed by atoms with Crippen molar-refractivity contribution in [2.24, 2.45) is 0 Å². The van der Waals surface area contributed by atoms with Crippen LogP contribution in [0.2, 0.25) is 0 Å². The van der Waals surface area contributed by atoms with E-state index in [1.165, 1.54) is 10.5 Å². The second-order valence-electron chi connectivity index (χ2n) is 5.44. The molecule has 0 saturated carbocycles. The smallest absolute Gasteiger partial charge is 0.306 e. The molecule has 2 aromatic rings. The Balaban J connectivity index is 1.81. The molecule has 3 heteroatoms. The fraction of sp³-hybridized carbons (Fsp3) is 0.278. The number of carbonyl (C=O) groups excluding carboxylic acids is 1. The Morgan fingerprint density at radius 3 is 2.43 bits per heavy atom. The van der Waals surface area contributed by atoms with Gasteiger partial charge in [0.2, 0.25) is 0 Å². The molecule has 1 unspecified atom stereocenters. The maximum atomic E-state index is 11.7. The van der Waals surface area contributed by atoms with E-state index in [-0.39, 0.29) is 5.97 Å². The molecular formula is C18H18O2S. The topological polar surface area (TPSA) is 26.3 Å². The fourth-order valence-corrected chi connectivity index (χ4v) is 3.69. The molecule has 2 aromatic carbocycles. The maximum absolute atomic E-state index is 11.7. The van der Waals surface area contributed by atoms with E-state index in [0.29, 0.717) is 6.42 Å². The van der Waals surface area contributed by atoms with Crippen LogP contribution in [0.15, 0.2) is 59.5 Å². The predicted molar refractivity (Wildman–Crippen MR) is 85.3 cm³/mol. The summed E-state index contributed by atoms with van der Waals surface area (Å²) in [5.41, 5.74) is 1.87. The minimum Gasteiger partial charge on any atom is -0.453 e. The van der Waals surface area contributed by atoms with Gasteiger partial charge in [-0.1, -0.05) is 48.0 Å². The zero-order valence-electron chi connectivity index (χ0n) is 12.0. The Morgan fingerprint density at radius 1 is 1.10 bits per heavy atom. The lowest BCUT2D eigenvalue weighted by molar-refractivity contribution is -0.147. The van der Waals surface area contributed by atoms with Crippen molar-refractivity contribution in [2.75, 3.05) is 5.75 Å². The molecule has 0 aliphatic carbocycles. The van der Waals surface area contributed by atoms with Crippen molar-refractivity contribution < 1.29 is 9.53 Å². The molecule has 0 amide bonds. The highest BCUT2D eigenvalue weighted by Crippen LogP contribution is 2.41. The molecule has 1 fully saturated rings. The molecule has 1 atom stereocenters. The van der Waals surface area contributed by atoms with Gasteiger partial charge in [-0.3, -0.25) is 4.79 Å². The normalized spacial score (nSPS) is 21.3. The third-order valence-corrected chi connectivity index (χ3v) is 5.05. The van der Waals surface area contributed by atoms with Crippen molar-refractivity contribution in [3.05, 3.63) is 65.7 Å². The summed E-state index contributed by atoms with van der Waals surface area (Å²) < 4.78 is 5.72. The monoisotopic (exact) mass is 298 g/mol. The van der Waals surface area contributed by atoms with Gasteiger partial charge in [0.15, 0.2) is 0 Å². The van der Waals surface area contributed by atoms with Gasteiger partial charge in [0, 0.05) is 23.5 Å². The first-order valence-corrected chi connectivity index (χ1v) is 8.13. The van der Waals surface area contributed by atoms with Crippen molar-refractivity contribution in [1.82, 2.24) is 0 Å². The van der Waals surface area contributed by atoms with Crippen molar-refractivity contribution >= 4 is 17.7 Å². The van der Waals surface area contributed by atoms with Crippen LogP contribution in [0, 0.1) is 6.92 Å². The average molecular weight is 298 g/mol. The Morgan fingerprint density at radius 2 is 1.81 bits per heavy atom. The minimum absolute atomic E-state index is 0.0941. The van der Waals surface area contributed by atoms with Crippen molar-refractivity contribution in [2.45, 2.75) is 30.3 Å². The van der Waals surface area contributed by atoms with Crippen LogP contribution in [-0.4, -0.2) is 11.7 Å². The van der Waals surface area contributed by atoms with E-state index in [9.17, 15) is 4.79 Å². The highest BCUT2D eigenvalue weighted by molar-refractivity contribution is 7.99. The number of ether oxygens (including phenoxy) is 1. The molecule has 0 bridgehead atoms. The molecule has 1 saturated heterocycles. The number of esters is 1. The van der Waals surface area contributed by atoms with Gasteiger partial charge in [-0.25, -0.2) is 0 Å². The lowest BCUT2D eigenvalue weighted by Crippen LogP contribution is -2.28. The summed E-state index contributed by atoms with van der Waals surface area (Å²) in [7, 11) is 0. The van der Waals surface area contributed by atoms with Crippen LogP contribution in [0.4, 0.5) is 0 Å². The first kappa shape index (κ1) is 14.2. The lowest BCUT2D eigenvalue weighted by atomic mass is 9.93. The quantitative estimate of drug-likeness (QED) is 0.621. The van der Waals surface area contributed by atoms with Gasteiger partial charge < -0.3 is 4.74 Å². The number of aryl methyl sites for hydroxylation is 1. The molecule has 1 aliphatic rings. The zero-order chi connectivity index (χ0) is 14.7. The summed E-state index contributed by atoms with van der Waals surface area (Å²) in [5.74, 6) is 0.662. The summed E-state index contributed by atoms with van der Waals surface area (Å²) in [6, 6.07) is 18.5. The number of rotatable bonds is 4. The Bertz CT molecular complexity index is 621. The molecule has 21 heavy (non-hydrogen) atoms. The lowest BCUT2D eigenvalue weighted by Gasteiger charge is -2.28. The first-order chi connectivity index (χ1) is 10.2. The van der Waals surface area contributed by atoms with Gasteiger partial charge >= 0.3 is 5.97 Å². The van der Waals surface area contributed by atoms with E-state index in [4.69, 9.17) is 4.74 Å². The van der Waals surface area contributed by atoms with Gasteiger partial charge in [-0.15, -0.1) is 11.8 Å². The SMILES string of the molecule is Cc1ccc(SCC2(c3ccccc3)CCC(=O)O2)cc1. The van der Waals surface area contributed by atoms with Crippen molar-refractivity contribution in [1.29, 1.82) is 0 Å². The standard InChI is InChI=1S/C18H18O2S/c1-14-7-9-16(10-8-14)21-13-18(12-11-17(19)20-18)15-5-3-2-4-6-15/h2-10H,11-13H2,1H3. The summed E-state index contributed by atoms with van der Waals surface area (Å²) >= 11 is 1.74. The van der Waals surface area contributed by atoms with Crippen LogP contribution in [-0.2, 0) is 15.1 Å². The Kier molecular flexibility index (Phi) is 4.02. The number of cyclic esters (lactones) is 1. The molecule has 0 spiro atoms. The first-order valence-electron chi connectivity index (χ1n) is 7.15. The predicted octanol–water partition coefficient (Wildman–Crippen LogP) is 4.32. The number of carbonyl (C=O) groups is 1. The van der Waals surface area contributed by atoms with E-state index in [1.54, 1.807) is 11.8 Å². The highest BCUT2D eigenvalue weighted by atomic mass is 32.2. The van der Waals surface area contributed by atoms with E-state index in [1.807, 2.05) is 30.3 Å². The summed E-state index contributed by atoms with van der Waals surface area (Å²) in [6.07, 6.45) is 1.26. The molecule has 0 N–H and O–H groups in total. The fourth-order valence-electron chi connectivity index (χ4n) is 2.59. The largest absolute Gasteiger partial charge is 0.453 e. The van der Waals surface area contributed by atoms with E-state index < -0.39 is 5.60 Å². The number of hydrogen-bond acceptors (Lipinski definition) is 3. The highest BCUT2D eigenvalue weighted by Gasteiger charge is 2.41. The summed E-state index contributed by atoms with van der Waals surface area (Å²) in [4.78, 5) is 12.9. The van der Waals surface area contributed by atoms with Gasteiger partial charge in [-0.2, -0.15) is 0 Å². The molecule has 108 valence electrons. The van der Waals surface area contributed by atoms with Crippen LogP contribution in [0.25, 0.3) is 0 Å². The van der Waals surface area contributed by atoms with Crippen LogP contribution in [0.5, 0.6) is 0 Å². The Labute approximate surface area is 129 Å². The molecule has 0 radical (unpaired) electrons. The average Bonchev–Trinajstić information content (AvgIpc) is 2.90. The number of benzene rings is 2. The minimum atomic E-state index is -0.478. The van der Waals surface area contributed by atoms with E-state index in [0.717, 1.165) is 17.7 Å². The van der Waals surface area contributed by atoms with E-state index >= 15 is 0 Å².